The Morgan fingerprint density at radius 3 is 3.00 bits per heavy atom. The second-order valence-corrected chi connectivity index (χ2v) is 3.21. The molecule has 2 aromatic heterocycles. The van der Waals surface area contributed by atoms with Crippen LogP contribution in [0.4, 0.5) is 4.39 Å². The van der Waals surface area contributed by atoms with E-state index in [2.05, 4.69) is 15.1 Å². The molecule has 0 saturated heterocycles. The van der Waals surface area contributed by atoms with Gasteiger partial charge in [0.1, 0.15) is 18.1 Å². The van der Waals surface area contributed by atoms with Crippen LogP contribution in [0.5, 0.6) is 0 Å². The van der Waals surface area contributed by atoms with Crippen molar-refractivity contribution < 1.29 is 13.7 Å². The average molecular weight is 238 g/mol. The number of hydrogen-bond donors (Lipinski definition) is 1. The third-order valence-electron chi connectivity index (χ3n) is 1.91. The Kier molecular flexibility index (Phi) is 3.73. The highest BCUT2D eigenvalue weighted by Gasteiger charge is 2.09. The molecular formula is C10H11FN4O2. The van der Waals surface area contributed by atoms with Crippen molar-refractivity contribution in [3.63, 3.8) is 0 Å². The second-order valence-electron chi connectivity index (χ2n) is 3.21. The summed E-state index contributed by atoms with van der Waals surface area (Å²) in [6.07, 6.45) is 1.09. The fourth-order valence-corrected chi connectivity index (χ4v) is 1.17. The lowest BCUT2D eigenvalue weighted by molar-refractivity contribution is 0.104. The number of hydrogen-bond acceptors (Lipinski definition) is 6. The minimum Gasteiger partial charge on any atom is -0.370 e. The fraction of sp³-hybridized carbons (Fsp3) is 0.300. The van der Waals surface area contributed by atoms with Gasteiger partial charge < -0.3 is 15.0 Å². The minimum absolute atomic E-state index is 0.200. The monoisotopic (exact) mass is 238 g/mol. The van der Waals surface area contributed by atoms with Crippen molar-refractivity contribution in [1.29, 1.82) is 0 Å². The number of ether oxygens (including phenoxy) is 1. The Morgan fingerprint density at radius 1 is 1.41 bits per heavy atom. The Labute approximate surface area is 96.6 Å². The van der Waals surface area contributed by atoms with Crippen LogP contribution in [0.3, 0.4) is 0 Å². The summed E-state index contributed by atoms with van der Waals surface area (Å²) in [6.45, 7) is 1.05. The molecule has 6 nitrogen and oxygen atoms in total. The number of nitrogens with two attached hydrogens (primary N) is 1. The lowest BCUT2D eigenvalue weighted by atomic mass is 10.3. The van der Waals surface area contributed by atoms with Crippen LogP contribution < -0.4 is 5.73 Å². The van der Waals surface area contributed by atoms with E-state index >= 15 is 0 Å². The van der Waals surface area contributed by atoms with Crippen molar-refractivity contribution in [3.8, 4) is 11.5 Å². The average Bonchev–Trinajstić information content (AvgIpc) is 2.79. The van der Waals surface area contributed by atoms with Crippen LogP contribution >= 0.6 is 0 Å². The van der Waals surface area contributed by atoms with Gasteiger partial charge in [-0.25, -0.2) is 9.37 Å². The van der Waals surface area contributed by atoms with Crippen molar-refractivity contribution in [2.24, 2.45) is 5.73 Å². The third kappa shape index (κ3) is 3.05. The smallest absolute Gasteiger partial charge is 0.253 e. The molecule has 0 radical (unpaired) electrons. The van der Waals surface area contributed by atoms with Crippen LogP contribution in [-0.2, 0) is 11.3 Å². The summed E-state index contributed by atoms with van der Waals surface area (Å²) in [7, 11) is 0. The van der Waals surface area contributed by atoms with Gasteiger partial charge in [-0.3, -0.25) is 0 Å². The largest absolute Gasteiger partial charge is 0.370 e. The van der Waals surface area contributed by atoms with Gasteiger partial charge in [0, 0.05) is 6.54 Å². The SMILES string of the molecule is NCCOCc1nc(-c2ccc(F)cn2)no1. The van der Waals surface area contributed by atoms with Crippen molar-refractivity contribution >= 4 is 0 Å². The van der Waals surface area contributed by atoms with Gasteiger partial charge >= 0.3 is 0 Å². The first-order valence-corrected chi connectivity index (χ1v) is 5.02. The molecule has 2 aromatic rings. The summed E-state index contributed by atoms with van der Waals surface area (Å²) < 4.78 is 22.7. The van der Waals surface area contributed by atoms with Crippen LogP contribution in [0.1, 0.15) is 5.89 Å². The molecule has 2 heterocycles. The van der Waals surface area contributed by atoms with Crippen LogP contribution in [-0.4, -0.2) is 28.3 Å². The molecule has 0 atom stereocenters. The van der Waals surface area contributed by atoms with Gasteiger partial charge in [-0.05, 0) is 12.1 Å². The van der Waals surface area contributed by atoms with Crippen LogP contribution in [0.25, 0.3) is 11.5 Å². The molecule has 0 bridgehead atoms. The minimum atomic E-state index is -0.413. The van der Waals surface area contributed by atoms with E-state index in [-0.39, 0.29) is 6.61 Å². The molecule has 0 spiro atoms. The Morgan fingerprint density at radius 2 is 2.29 bits per heavy atom. The quantitative estimate of drug-likeness (QED) is 0.773. The van der Waals surface area contributed by atoms with Gasteiger partial charge in [-0.2, -0.15) is 4.98 Å². The van der Waals surface area contributed by atoms with Crippen molar-refractivity contribution in [2.75, 3.05) is 13.2 Å². The number of pyridine rings is 1. The van der Waals surface area contributed by atoms with Gasteiger partial charge in [-0.1, -0.05) is 5.16 Å². The summed E-state index contributed by atoms with van der Waals surface area (Å²) in [6, 6.07) is 2.76. The number of halogens is 1. The van der Waals surface area contributed by atoms with E-state index < -0.39 is 5.82 Å². The maximum Gasteiger partial charge on any atom is 0.253 e. The maximum atomic E-state index is 12.7. The summed E-state index contributed by atoms with van der Waals surface area (Å²) in [5.74, 6) is 0.222. The molecule has 0 aliphatic carbocycles. The van der Waals surface area contributed by atoms with Gasteiger partial charge in [0.05, 0.1) is 12.8 Å². The highest BCUT2D eigenvalue weighted by Crippen LogP contribution is 2.13. The van der Waals surface area contributed by atoms with Crippen LogP contribution in [0.2, 0.25) is 0 Å². The molecule has 0 amide bonds. The molecule has 0 aliphatic heterocycles. The van der Waals surface area contributed by atoms with E-state index in [4.69, 9.17) is 15.0 Å². The summed E-state index contributed by atoms with van der Waals surface area (Å²) in [5.41, 5.74) is 5.71. The second kappa shape index (κ2) is 5.46. The van der Waals surface area contributed by atoms with Crippen molar-refractivity contribution in [1.82, 2.24) is 15.1 Å². The van der Waals surface area contributed by atoms with E-state index in [0.29, 0.717) is 30.6 Å². The fourth-order valence-electron chi connectivity index (χ4n) is 1.17. The van der Waals surface area contributed by atoms with Crippen LogP contribution in [0, 0.1) is 5.82 Å². The zero-order valence-electron chi connectivity index (χ0n) is 8.97. The van der Waals surface area contributed by atoms with E-state index in [1.807, 2.05) is 0 Å². The van der Waals surface area contributed by atoms with Gasteiger partial charge in [-0.15, -0.1) is 0 Å². The van der Waals surface area contributed by atoms with Crippen molar-refractivity contribution in [2.45, 2.75) is 6.61 Å². The molecule has 7 heteroatoms. The van der Waals surface area contributed by atoms with E-state index in [1.165, 1.54) is 12.1 Å². The molecule has 90 valence electrons. The molecule has 0 unspecified atom stereocenters. The maximum absolute atomic E-state index is 12.7. The Hall–Kier alpha value is -1.86. The first kappa shape index (κ1) is 11.6. The standard InChI is InChI=1S/C10H11FN4O2/c11-7-1-2-8(13-5-7)10-14-9(17-15-10)6-16-4-3-12/h1-2,5H,3-4,6,12H2. The Balaban J connectivity index is 2.04. The highest BCUT2D eigenvalue weighted by atomic mass is 19.1. The first-order chi connectivity index (χ1) is 8.29. The normalized spacial score (nSPS) is 10.7. The third-order valence-corrected chi connectivity index (χ3v) is 1.91. The molecule has 17 heavy (non-hydrogen) atoms. The molecule has 0 aliphatic rings. The van der Waals surface area contributed by atoms with Gasteiger partial charge in [0.2, 0.25) is 5.82 Å². The van der Waals surface area contributed by atoms with E-state index in [9.17, 15) is 4.39 Å². The highest BCUT2D eigenvalue weighted by molar-refractivity contribution is 5.47. The van der Waals surface area contributed by atoms with E-state index in [1.54, 1.807) is 0 Å². The number of rotatable bonds is 5. The summed E-state index contributed by atoms with van der Waals surface area (Å²) in [5, 5.41) is 3.71. The first-order valence-electron chi connectivity index (χ1n) is 5.02. The predicted molar refractivity (Wildman–Crippen MR) is 56.2 cm³/mol. The van der Waals surface area contributed by atoms with Gasteiger partial charge in [0.15, 0.2) is 0 Å². The topological polar surface area (TPSA) is 87.1 Å². The molecule has 2 N–H and O–H groups in total. The summed E-state index contributed by atoms with van der Waals surface area (Å²) in [4.78, 5) is 7.89. The number of aromatic nitrogens is 3. The molecule has 0 aromatic carbocycles. The zero-order chi connectivity index (χ0) is 12.1. The molecular weight excluding hydrogens is 227 g/mol. The van der Waals surface area contributed by atoms with E-state index in [0.717, 1.165) is 6.20 Å². The summed E-state index contributed by atoms with van der Waals surface area (Å²) >= 11 is 0. The van der Waals surface area contributed by atoms with Gasteiger partial charge in [0.25, 0.3) is 5.89 Å². The zero-order valence-corrected chi connectivity index (χ0v) is 8.97. The lowest BCUT2D eigenvalue weighted by Gasteiger charge is -1.95. The molecule has 2 rings (SSSR count). The molecule has 0 fully saturated rings. The molecule has 0 saturated carbocycles. The van der Waals surface area contributed by atoms with Crippen molar-refractivity contribution in [3.05, 3.63) is 30.0 Å². The Bertz CT molecular complexity index is 471. The predicted octanol–water partition coefficient (Wildman–Crippen LogP) is 0.746. The van der Waals surface area contributed by atoms with Crippen LogP contribution in [0.15, 0.2) is 22.9 Å². The number of nitrogens with zero attached hydrogens (tertiary/aromatic N) is 3. The lowest BCUT2D eigenvalue weighted by Crippen LogP contribution is -2.08.